The van der Waals surface area contributed by atoms with Crippen LogP contribution >= 0.6 is 0 Å². The van der Waals surface area contributed by atoms with E-state index in [0.29, 0.717) is 25.1 Å². The summed E-state index contributed by atoms with van der Waals surface area (Å²) in [7, 11) is 0. The minimum atomic E-state index is -0.281. The molecule has 0 aliphatic rings. The van der Waals surface area contributed by atoms with E-state index in [2.05, 4.69) is 0 Å². The fourth-order valence-electron chi connectivity index (χ4n) is 1.21. The molecule has 0 aliphatic carbocycles. The van der Waals surface area contributed by atoms with Crippen molar-refractivity contribution in [2.45, 2.75) is 19.6 Å². The summed E-state index contributed by atoms with van der Waals surface area (Å²) in [5, 5.41) is 8.53. The molecule has 0 spiro atoms. The molecular formula is C11H16FNO2. The minimum absolute atomic E-state index is 0.0886. The summed E-state index contributed by atoms with van der Waals surface area (Å²) in [5.74, 6) is -0.281. The van der Waals surface area contributed by atoms with E-state index in [-0.39, 0.29) is 19.0 Å². The van der Waals surface area contributed by atoms with E-state index in [4.69, 9.17) is 15.6 Å². The lowest BCUT2D eigenvalue weighted by Crippen LogP contribution is -2.02. The number of nitrogens with two attached hydrogens (primary N) is 1. The van der Waals surface area contributed by atoms with Crippen LogP contribution in [0.5, 0.6) is 0 Å². The maximum absolute atomic E-state index is 13.2. The second-order valence-corrected chi connectivity index (χ2v) is 3.26. The second-order valence-electron chi connectivity index (χ2n) is 3.26. The summed E-state index contributed by atoms with van der Waals surface area (Å²) >= 11 is 0. The highest BCUT2D eigenvalue weighted by Gasteiger charge is 2.03. The summed E-state index contributed by atoms with van der Waals surface area (Å²) in [4.78, 5) is 0. The zero-order valence-corrected chi connectivity index (χ0v) is 8.58. The van der Waals surface area contributed by atoms with Crippen molar-refractivity contribution >= 4 is 0 Å². The van der Waals surface area contributed by atoms with Crippen LogP contribution in [-0.4, -0.2) is 18.3 Å². The third-order valence-electron chi connectivity index (χ3n) is 2.05. The smallest absolute Gasteiger partial charge is 0.128 e. The molecule has 1 rings (SSSR count). The highest BCUT2D eigenvalue weighted by molar-refractivity contribution is 5.24. The molecule has 0 saturated heterocycles. The first-order valence-electron chi connectivity index (χ1n) is 4.94. The van der Waals surface area contributed by atoms with Crippen molar-refractivity contribution < 1.29 is 14.2 Å². The number of benzene rings is 1. The highest BCUT2D eigenvalue weighted by Crippen LogP contribution is 2.11. The van der Waals surface area contributed by atoms with Crippen LogP contribution in [0.25, 0.3) is 0 Å². The van der Waals surface area contributed by atoms with Gasteiger partial charge in [-0.1, -0.05) is 6.07 Å². The van der Waals surface area contributed by atoms with Crippen LogP contribution in [-0.2, 0) is 17.9 Å². The van der Waals surface area contributed by atoms with E-state index in [1.807, 2.05) is 0 Å². The van der Waals surface area contributed by atoms with E-state index < -0.39 is 0 Å². The van der Waals surface area contributed by atoms with Crippen molar-refractivity contribution in [1.82, 2.24) is 0 Å². The summed E-state index contributed by atoms with van der Waals surface area (Å²) < 4.78 is 18.4. The van der Waals surface area contributed by atoms with Gasteiger partial charge in [-0.2, -0.15) is 0 Å². The van der Waals surface area contributed by atoms with Crippen LogP contribution in [0.2, 0.25) is 0 Å². The topological polar surface area (TPSA) is 55.5 Å². The van der Waals surface area contributed by atoms with Gasteiger partial charge in [0.25, 0.3) is 0 Å². The number of halogens is 1. The highest BCUT2D eigenvalue weighted by atomic mass is 19.1. The molecule has 0 saturated carbocycles. The van der Waals surface area contributed by atoms with Crippen molar-refractivity contribution in [3.05, 3.63) is 35.1 Å². The molecule has 4 heteroatoms. The van der Waals surface area contributed by atoms with Gasteiger partial charge >= 0.3 is 0 Å². The van der Waals surface area contributed by atoms with Crippen LogP contribution in [0.4, 0.5) is 4.39 Å². The Morgan fingerprint density at radius 3 is 2.87 bits per heavy atom. The van der Waals surface area contributed by atoms with E-state index in [0.717, 1.165) is 5.56 Å². The molecule has 0 fully saturated rings. The minimum Gasteiger partial charge on any atom is -0.396 e. The zero-order valence-electron chi connectivity index (χ0n) is 8.58. The van der Waals surface area contributed by atoms with E-state index >= 15 is 0 Å². The Balaban J connectivity index is 2.51. The molecule has 0 aromatic heterocycles. The molecule has 0 unspecified atom stereocenters. The van der Waals surface area contributed by atoms with Crippen molar-refractivity contribution in [2.75, 3.05) is 13.2 Å². The fourth-order valence-corrected chi connectivity index (χ4v) is 1.21. The number of aliphatic hydroxyl groups excluding tert-OH is 1. The van der Waals surface area contributed by atoms with Gasteiger partial charge in [0.2, 0.25) is 0 Å². The Bertz CT molecular complexity index is 305. The first-order chi connectivity index (χ1) is 7.27. The molecule has 0 aliphatic heterocycles. The summed E-state index contributed by atoms with van der Waals surface area (Å²) in [6.07, 6.45) is 0.568. The summed E-state index contributed by atoms with van der Waals surface area (Å²) in [6, 6.07) is 4.76. The lowest BCUT2D eigenvalue weighted by atomic mass is 10.1. The third-order valence-corrected chi connectivity index (χ3v) is 2.05. The summed E-state index contributed by atoms with van der Waals surface area (Å²) in [5.41, 5.74) is 6.85. The normalized spacial score (nSPS) is 10.6. The average molecular weight is 213 g/mol. The average Bonchev–Trinajstić information content (AvgIpc) is 2.26. The zero-order chi connectivity index (χ0) is 11.1. The molecule has 84 valence electrons. The second kappa shape index (κ2) is 6.50. The van der Waals surface area contributed by atoms with E-state index in [1.165, 1.54) is 6.07 Å². The van der Waals surface area contributed by atoms with Gasteiger partial charge in [0.05, 0.1) is 6.61 Å². The van der Waals surface area contributed by atoms with Crippen molar-refractivity contribution in [2.24, 2.45) is 5.73 Å². The number of hydrogen-bond donors (Lipinski definition) is 2. The molecule has 0 atom stereocenters. The monoisotopic (exact) mass is 213 g/mol. The van der Waals surface area contributed by atoms with Crippen LogP contribution in [0.15, 0.2) is 18.2 Å². The lowest BCUT2D eigenvalue weighted by molar-refractivity contribution is 0.102. The van der Waals surface area contributed by atoms with Gasteiger partial charge in [-0.05, 0) is 24.1 Å². The number of ether oxygens (including phenoxy) is 1. The predicted molar refractivity (Wildman–Crippen MR) is 55.7 cm³/mol. The van der Waals surface area contributed by atoms with Gasteiger partial charge in [0.15, 0.2) is 0 Å². The Hall–Kier alpha value is -0.970. The first-order valence-corrected chi connectivity index (χ1v) is 4.94. The quantitative estimate of drug-likeness (QED) is 0.698. The summed E-state index contributed by atoms with van der Waals surface area (Å²) in [6.45, 7) is 1.14. The predicted octanol–water partition coefficient (Wildman–Crippen LogP) is 1.18. The van der Waals surface area contributed by atoms with Gasteiger partial charge in [-0.3, -0.25) is 0 Å². The molecule has 1 aromatic rings. The molecule has 3 N–H and O–H groups in total. The Morgan fingerprint density at radius 2 is 2.20 bits per heavy atom. The van der Waals surface area contributed by atoms with Gasteiger partial charge in [-0.15, -0.1) is 0 Å². The maximum atomic E-state index is 13.2. The molecule has 3 nitrogen and oxygen atoms in total. The van der Waals surface area contributed by atoms with Crippen molar-refractivity contribution in [1.29, 1.82) is 0 Å². The standard InChI is InChI=1S/C11H16FNO2/c12-11-3-2-9(7-13)6-10(11)8-15-5-1-4-14/h2-3,6,14H,1,4-5,7-8,13H2. The van der Waals surface area contributed by atoms with Crippen LogP contribution in [0.3, 0.4) is 0 Å². The van der Waals surface area contributed by atoms with Crippen LogP contribution in [0, 0.1) is 5.82 Å². The molecule has 0 bridgehead atoms. The van der Waals surface area contributed by atoms with Crippen molar-refractivity contribution in [3.63, 3.8) is 0 Å². The first kappa shape index (κ1) is 12.1. The van der Waals surface area contributed by atoms with Crippen molar-refractivity contribution in [3.8, 4) is 0 Å². The van der Waals surface area contributed by atoms with E-state index in [9.17, 15) is 4.39 Å². The fraction of sp³-hybridized carbons (Fsp3) is 0.455. The van der Waals surface area contributed by atoms with Gasteiger partial charge < -0.3 is 15.6 Å². The Kier molecular flexibility index (Phi) is 5.25. The SMILES string of the molecule is NCc1ccc(F)c(COCCCO)c1. The lowest BCUT2D eigenvalue weighted by Gasteiger charge is -2.06. The molecule has 0 radical (unpaired) electrons. The Labute approximate surface area is 88.7 Å². The number of hydrogen-bond acceptors (Lipinski definition) is 3. The van der Waals surface area contributed by atoms with Gasteiger partial charge in [0, 0.05) is 25.3 Å². The largest absolute Gasteiger partial charge is 0.396 e. The molecule has 0 amide bonds. The third kappa shape index (κ3) is 3.95. The Morgan fingerprint density at radius 1 is 1.40 bits per heavy atom. The molecule has 0 heterocycles. The number of aliphatic hydroxyl groups is 1. The van der Waals surface area contributed by atoms with Crippen LogP contribution in [0.1, 0.15) is 17.5 Å². The number of rotatable bonds is 6. The molecule has 1 aromatic carbocycles. The van der Waals surface area contributed by atoms with Crippen LogP contribution < -0.4 is 5.73 Å². The maximum Gasteiger partial charge on any atom is 0.128 e. The van der Waals surface area contributed by atoms with Gasteiger partial charge in [0.1, 0.15) is 5.82 Å². The molecular weight excluding hydrogens is 197 g/mol. The molecule has 15 heavy (non-hydrogen) atoms. The van der Waals surface area contributed by atoms with Gasteiger partial charge in [-0.25, -0.2) is 4.39 Å². The van der Waals surface area contributed by atoms with E-state index in [1.54, 1.807) is 12.1 Å².